The van der Waals surface area contributed by atoms with Gasteiger partial charge in [-0.05, 0) is 79.6 Å². The van der Waals surface area contributed by atoms with Gasteiger partial charge < -0.3 is 10.1 Å². The normalized spacial score (nSPS) is 16.3. The number of sulfonamides is 1. The molecule has 1 N–H and O–H groups in total. The lowest BCUT2D eigenvalue weighted by Gasteiger charge is -2.22. The van der Waals surface area contributed by atoms with Crippen molar-refractivity contribution in [1.82, 2.24) is 9.62 Å². The third-order valence-electron chi connectivity index (χ3n) is 6.35. The van der Waals surface area contributed by atoms with E-state index in [9.17, 15) is 13.2 Å². The molecule has 1 atom stereocenters. The van der Waals surface area contributed by atoms with Gasteiger partial charge in [0.05, 0.1) is 18.0 Å². The van der Waals surface area contributed by atoms with Crippen LogP contribution in [-0.2, 0) is 10.0 Å². The molecule has 0 aromatic heterocycles. The summed E-state index contributed by atoms with van der Waals surface area (Å²) in [6.45, 7) is 9.22. The number of ether oxygens (including phenoxy) is 1. The number of methoxy groups -OCH3 is 1. The minimum atomic E-state index is -3.61. The Morgan fingerprint density at radius 2 is 1.67 bits per heavy atom. The van der Waals surface area contributed by atoms with Gasteiger partial charge in [-0.1, -0.05) is 32.8 Å². The van der Waals surface area contributed by atoms with Crippen molar-refractivity contribution in [2.75, 3.05) is 20.2 Å². The van der Waals surface area contributed by atoms with Crippen LogP contribution in [-0.4, -0.2) is 38.8 Å². The standard InChI is InChI=1S/C26H36N2O4S/c1-18(2)23-17-24(19(3)15-25(23)32-5)20(4)27-26(29)21-11-10-12-22(16-21)33(30,31)28-13-8-6-7-9-14-28/h10-12,15-18,20H,6-9,13-14H2,1-5H3,(H,27,29)/t20-/m0/s1. The van der Waals surface area contributed by atoms with E-state index < -0.39 is 10.0 Å². The number of benzene rings is 2. The number of amides is 1. The van der Waals surface area contributed by atoms with Crippen LogP contribution in [0.5, 0.6) is 5.75 Å². The number of aryl methyl sites for hydroxylation is 1. The summed E-state index contributed by atoms with van der Waals surface area (Å²) in [5.41, 5.74) is 3.47. The molecule has 1 fully saturated rings. The molecule has 0 spiro atoms. The molecule has 0 radical (unpaired) electrons. The van der Waals surface area contributed by atoms with Gasteiger partial charge in [0.1, 0.15) is 5.75 Å². The van der Waals surface area contributed by atoms with E-state index in [1.54, 1.807) is 29.6 Å². The van der Waals surface area contributed by atoms with E-state index in [0.717, 1.165) is 48.1 Å². The van der Waals surface area contributed by atoms with Gasteiger partial charge in [-0.25, -0.2) is 8.42 Å². The van der Waals surface area contributed by atoms with Crippen LogP contribution in [0.1, 0.15) is 85.5 Å². The Balaban J connectivity index is 1.82. The molecule has 1 aliphatic heterocycles. The molecule has 180 valence electrons. The van der Waals surface area contributed by atoms with E-state index in [1.807, 2.05) is 19.9 Å². The predicted octanol–water partition coefficient (Wildman–Crippen LogP) is 5.18. The molecule has 0 saturated carbocycles. The summed E-state index contributed by atoms with van der Waals surface area (Å²) >= 11 is 0. The van der Waals surface area contributed by atoms with Crippen molar-refractivity contribution in [1.29, 1.82) is 0 Å². The second-order valence-electron chi connectivity index (χ2n) is 9.15. The van der Waals surface area contributed by atoms with Gasteiger partial charge in [-0.3, -0.25) is 4.79 Å². The Kier molecular flexibility index (Phi) is 8.19. The van der Waals surface area contributed by atoms with E-state index in [2.05, 4.69) is 25.2 Å². The van der Waals surface area contributed by atoms with Crippen LogP contribution < -0.4 is 10.1 Å². The van der Waals surface area contributed by atoms with Crippen molar-refractivity contribution in [2.45, 2.75) is 70.2 Å². The van der Waals surface area contributed by atoms with Crippen LogP contribution in [0.3, 0.4) is 0 Å². The maximum Gasteiger partial charge on any atom is 0.251 e. The van der Waals surface area contributed by atoms with E-state index in [4.69, 9.17) is 4.74 Å². The second kappa shape index (κ2) is 10.7. The number of nitrogens with one attached hydrogen (secondary N) is 1. The lowest BCUT2D eigenvalue weighted by atomic mass is 9.93. The molecule has 1 heterocycles. The summed E-state index contributed by atoms with van der Waals surface area (Å²) in [5, 5.41) is 3.04. The number of hydrogen-bond donors (Lipinski definition) is 1. The number of rotatable bonds is 7. The molecule has 1 amide bonds. The van der Waals surface area contributed by atoms with E-state index in [1.165, 1.54) is 6.07 Å². The minimum Gasteiger partial charge on any atom is -0.496 e. The highest BCUT2D eigenvalue weighted by molar-refractivity contribution is 7.89. The summed E-state index contributed by atoms with van der Waals surface area (Å²) < 4.78 is 33.4. The molecule has 2 aromatic carbocycles. The molecular formula is C26H36N2O4S. The van der Waals surface area contributed by atoms with E-state index in [-0.39, 0.29) is 22.8 Å². The lowest BCUT2D eigenvalue weighted by molar-refractivity contribution is 0.0939. The Labute approximate surface area is 198 Å². The molecule has 0 unspecified atom stereocenters. The van der Waals surface area contributed by atoms with Gasteiger partial charge in [0, 0.05) is 18.7 Å². The Bertz CT molecular complexity index is 1090. The number of hydrogen-bond acceptors (Lipinski definition) is 4. The zero-order valence-electron chi connectivity index (χ0n) is 20.3. The molecule has 33 heavy (non-hydrogen) atoms. The van der Waals surface area contributed by atoms with Crippen molar-refractivity contribution in [2.24, 2.45) is 0 Å². The molecular weight excluding hydrogens is 436 g/mol. The van der Waals surface area contributed by atoms with Gasteiger partial charge in [-0.15, -0.1) is 0 Å². The van der Waals surface area contributed by atoms with Crippen LogP contribution in [0, 0.1) is 6.92 Å². The first-order valence-electron chi connectivity index (χ1n) is 11.7. The Hall–Kier alpha value is -2.38. The summed E-state index contributed by atoms with van der Waals surface area (Å²) in [6.07, 6.45) is 3.85. The van der Waals surface area contributed by atoms with Crippen LogP contribution in [0.25, 0.3) is 0 Å². The third-order valence-corrected chi connectivity index (χ3v) is 8.25. The highest BCUT2D eigenvalue weighted by Gasteiger charge is 2.26. The molecule has 2 aromatic rings. The first-order chi connectivity index (χ1) is 15.6. The number of nitrogens with zero attached hydrogens (tertiary/aromatic N) is 1. The summed E-state index contributed by atoms with van der Waals surface area (Å²) in [5.74, 6) is 0.830. The van der Waals surface area contributed by atoms with Crippen molar-refractivity contribution >= 4 is 15.9 Å². The van der Waals surface area contributed by atoms with Gasteiger partial charge in [-0.2, -0.15) is 4.31 Å². The lowest BCUT2D eigenvalue weighted by Crippen LogP contribution is -2.32. The van der Waals surface area contributed by atoms with Crippen molar-refractivity contribution in [3.05, 3.63) is 58.7 Å². The molecule has 1 saturated heterocycles. The van der Waals surface area contributed by atoms with Crippen LogP contribution in [0.4, 0.5) is 0 Å². The molecule has 3 rings (SSSR count). The average molecular weight is 473 g/mol. The smallest absolute Gasteiger partial charge is 0.251 e. The maximum atomic E-state index is 13.1. The quantitative estimate of drug-likeness (QED) is 0.602. The first-order valence-corrected chi connectivity index (χ1v) is 13.2. The highest BCUT2D eigenvalue weighted by atomic mass is 32.2. The number of carbonyl (C=O) groups is 1. The Morgan fingerprint density at radius 3 is 2.27 bits per heavy atom. The fourth-order valence-electron chi connectivity index (χ4n) is 4.40. The average Bonchev–Trinajstić information content (AvgIpc) is 3.08. The predicted molar refractivity (Wildman–Crippen MR) is 131 cm³/mol. The van der Waals surface area contributed by atoms with Crippen LogP contribution in [0.15, 0.2) is 41.3 Å². The largest absolute Gasteiger partial charge is 0.496 e. The summed E-state index contributed by atoms with van der Waals surface area (Å²) in [6, 6.07) is 10.2. The zero-order valence-corrected chi connectivity index (χ0v) is 21.2. The number of carbonyl (C=O) groups excluding carboxylic acids is 1. The van der Waals surface area contributed by atoms with Crippen molar-refractivity contribution < 1.29 is 17.9 Å². The summed E-state index contributed by atoms with van der Waals surface area (Å²) in [7, 11) is -1.95. The van der Waals surface area contributed by atoms with Gasteiger partial charge in [0.25, 0.3) is 5.91 Å². The molecule has 1 aliphatic rings. The fraction of sp³-hybridized carbons (Fsp3) is 0.500. The maximum absolute atomic E-state index is 13.1. The third kappa shape index (κ3) is 5.76. The fourth-order valence-corrected chi connectivity index (χ4v) is 5.96. The van der Waals surface area contributed by atoms with Crippen molar-refractivity contribution in [3.63, 3.8) is 0 Å². The SMILES string of the molecule is COc1cc(C)c([C@H](C)NC(=O)c2cccc(S(=O)(=O)N3CCCCCC3)c2)cc1C(C)C. The summed E-state index contributed by atoms with van der Waals surface area (Å²) in [4.78, 5) is 13.2. The van der Waals surface area contributed by atoms with Crippen molar-refractivity contribution in [3.8, 4) is 5.75 Å². The molecule has 7 heteroatoms. The Morgan fingerprint density at radius 1 is 1.00 bits per heavy atom. The molecule has 0 bridgehead atoms. The van der Waals surface area contributed by atoms with Crippen LogP contribution >= 0.6 is 0 Å². The second-order valence-corrected chi connectivity index (χ2v) is 11.1. The molecule has 0 aliphatic carbocycles. The first kappa shape index (κ1) is 25.2. The highest BCUT2D eigenvalue weighted by Crippen LogP contribution is 2.32. The monoisotopic (exact) mass is 472 g/mol. The topological polar surface area (TPSA) is 75.7 Å². The van der Waals surface area contributed by atoms with Gasteiger partial charge in [0.15, 0.2) is 0 Å². The van der Waals surface area contributed by atoms with Gasteiger partial charge >= 0.3 is 0 Å². The van der Waals surface area contributed by atoms with Crippen LogP contribution in [0.2, 0.25) is 0 Å². The zero-order chi connectivity index (χ0) is 24.2. The minimum absolute atomic E-state index is 0.174. The van der Waals surface area contributed by atoms with E-state index in [0.29, 0.717) is 18.7 Å². The van der Waals surface area contributed by atoms with Gasteiger partial charge in [0.2, 0.25) is 10.0 Å². The van der Waals surface area contributed by atoms with E-state index >= 15 is 0 Å². The molecule has 6 nitrogen and oxygen atoms in total.